The average molecular weight is 290 g/mol. The van der Waals surface area contributed by atoms with Crippen molar-refractivity contribution in [1.82, 2.24) is 0 Å². The Morgan fingerprint density at radius 1 is 0.857 bits per heavy atom. The Labute approximate surface area is 121 Å². The molecule has 2 rings (SSSR count). The molecule has 6 heteroatoms. The average Bonchev–Trinajstić information content (AvgIpc) is 2.49. The van der Waals surface area contributed by atoms with E-state index in [0.29, 0.717) is 11.5 Å². The summed E-state index contributed by atoms with van der Waals surface area (Å²) in [6, 6.07) is 2.76. The minimum Gasteiger partial charge on any atom is -0.507 e. The Hall–Kier alpha value is -2.76. The molecule has 1 N–H and O–H groups in total. The molecule has 0 heterocycles. The predicted molar refractivity (Wildman–Crippen MR) is 74.3 cm³/mol. The second-order valence-electron chi connectivity index (χ2n) is 4.22. The Kier molecular flexibility index (Phi) is 3.98. The number of methoxy groups -OCH3 is 3. The number of carbonyl (C=O) groups is 2. The van der Waals surface area contributed by atoms with Crippen molar-refractivity contribution >= 4 is 17.1 Å². The Balaban J connectivity index is 2.53. The molecule has 0 saturated carbocycles. The van der Waals surface area contributed by atoms with Crippen LogP contribution >= 0.6 is 0 Å². The number of benzene rings is 1. The number of hydrogen-bond donors (Lipinski definition) is 1. The molecule has 0 spiro atoms. The van der Waals surface area contributed by atoms with Crippen LogP contribution in [0.3, 0.4) is 0 Å². The summed E-state index contributed by atoms with van der Waals surface area (Å²) in [6.45, 7) is 0. The number of aromatic hydroxyl groups is 1. The van der Waals surface area contributed by atoms with Crippen LogP contribution in [0.5, 0.6) is 17.2 Å². The van der Waals surface area contributed by atoms with Gasteiger partial charge in [0.1, 0.15) is 5.75 Å². The molecule has 0 bridgehead atoms. The first-order valence-electron chi connectivity index (χ1n) is 6.03. The molecule has 6 nitrogen and oxygen atoms in total. The SMILES string of the molecule is COC1=CC(=O)C(c2cc(OC)c(OC)cc2O)=CC1=O. The van der Waals surface area contributed by atoms with E-state index in [4.69, 9.17) is 14.2 Å². The molecule has 110 valence electrons. The topological polar surface area (TPSA) is 82.1 Å². The molecular weight excluding hydrogens is 276 g/mol. The first kappa shape index (κ1) is 14.6. The fourth-order valence-corrected chi connectivity index (χ4v) is 2.00. The third-order valence-electron chi connectivity index (χ3n) is 3.06. The van der Waals surface area contributed by atoms with Crippen LogP contribution in [0.1, 0.15) is 5.56 Å². The van der Waals surface area contributed by atoms with Crippen molar-refractivity contribution in [2.24, 2.45) is 0 Å². The maximum atomic E-state index is 12.1. The molecular formula is C15H14O6. The van der Waals surface area contributed by atoms with Crippen molar-refractivity contribution in [3.63, 3.8) is 0 Å². The Morgan fingerprint density at radius 2 is 1.48 bits per heavy atom. The normalized spacial score (nSPS) is 14.4. The lowest BCUT2D eigenvalue weighted by Gasteiger charge is -2.15. The van der Waals surface area contributed by atoms with Crippen LogP contribution in [0, 0.1) is 0 Å². The van der Waals surface area contributed by atoms with E-state index in [0.717, 1.165) is 12.2 Å². The summed E-state index contributed by atoms with van der Waals surface area (Å²) in [4.78, 5) is 23.8. The molecule has 1 aliphatic carbocycles. The zero-order valence-corrected chi connectivity index (χ0v) is 11.8. The summed E-state index contributed by atoms with van der Waals surface area (Å²) in [5.74, 6) is -0.441. The maximum Gasteiger partial charge on any atom is 0.221 e. The smallest absolute Gasteiger partial charge is 0.221 e. The van der Waals surface area contributed by atoms with E-state index in [1.165, 1.54) is 33.5 Å². The highest BCUT2D eigenvalue weighted by molar-refractivity contribution is 6.35. The van der Waals surface area contributed by atoms with Gasteiger partial charge in [-0.25, -0.2) is 0 Å². The highest BCUT2D eigenvalue weighted by atomic mass is 16.5. The number of phenols is 1. The molecule has 1 aliphatic rings. The van der Waals surface area contributed by atoms with E-state index < -0.39 is 11.6 Å². The molecule has 0 radical (unpaired) electrons. The fraction of sp³-hybridized carbons (Fsp3) is 0.200. The number of hydrogen-bond acceptors (Lipinski definition) is 6. The monoisotopic (exact) mass is 290 g/mol. The van der Waals surface area contributed by atoms with Gasteiger partial charge in [-0.15, -0.1) is 0 Å². The largest absolute Gasteiger partial charge is 0.507 e. The molecule has 0 aromatic heterocycles. The van der Waals surface area contributed by atoms with Crippen LogP contribution < -0.4 is 9.47 Å². The van der Waals surface area contributed by atoms with Crippen molar-refractivity contribution in [2.45, 2.75) is 0 Å². The lowest BCUT2D eigenvalue weighted by molar-refractivity contribution is -0.116. The molecule has 0 atom stereocenters. The van der Waals surface area contributed by atoms with Crippen molar-refractivity contribution in [3.8, 4) is 17.2 Å². The highest BCUT2D eigenvalue weighted by Crippen LogP contribution is 2.38. The third-order valence-corrected chi connectivity index (χ3v) is 3.06. The Bertz CT molecular complexity index is 669. The van der Waals surface area contributed by atoms with Gasteiger partial charge in [0.05, 0.1) is 21.3 Å². The van der Waals surface area contributed by atoms with Gasteiger partial charge in [0.25, 0.3) is 0 Å². The first-order chi connectivity index (χ1) is 10.0. The first-order valence-corrected chi connectivity index (χ1v) is 6.03. The number of ether oxygens (including phenoxy) is 3. The van der Waals surface area contributed by atoms with E-state index in [9.17, 15) is 14.7 Å². The minimum absolute atomic E-state index is 0.0382. The summed E-state index contributed by atoms with van der Waals surface area (Å²) in [6.07, 6.45) is 2.22. The summed E-state index contributed by atoms with van der Waals surface area (Å²) in [5, 5.41) is 10.0. The van der Waals surface area contributed by atoms with Gasteiger partial charge in [-0.1, -0.05) is 0 Å². The van der Waals surface area contributed by atoms with E-state index in [1.807, 2.05) is 0 Å². The molecule has 1 aromatic rings. The fourth-order valence-electron chi connectivity index (χ4n) is 2.00. The zero-order chi connectivity index (χ0) is 15.6. The van der Waals surface area contributed by atoms with Gasteiger partial charge in [-0.3, -0.25) is 9.59 Å². The maximum absolute atomic E-state index is 12.1. The molecule has 0 aliphatic heterocycles. The molecule has 0 fully saturated rings. The van der Waals surface area contributed by atoms with Gasteiger partial charge in [0, 0.05) is 29.4 Å². The minimum atomic E-state index is -0.443. The van der Waals surface area contributed by atoms with Crippen molar-refractivity contribution in [3.05, 3.63) is 35.6 Å². The van der Waals surface area contributed by atoms with Crippen molar-refractivity contribution in [1.29, 1.82) is 0 Å². The second-order valence-corrected chi connectivity index (χ2v) is 4.22. The lowest BCUT2D eigenvalue weighted by atomic mass is 9.94. The number of rotatable bonds is 4. The quantitative estimate of drug-likeness (QED) is 0.846. The molecule has 1 aromatic carbocycles. The summed E-state index contributed by atoms with van der Waals surface area (Å²) in [7, 11) is 4.17. The van der Waals surface area contributed by atoms with Crippen molar-refractivity contribution < 1.29 is 28.9 Å². The summed E-state index contributed by atoms with van der Waals surface area (Å²) in [5.41, 5.74) is 0.261. The highest BCUT2D eigenvalue weighted by Gasteiger charge is 2.25. The van der Waals surface area contributed by atoms with Gasteiger partial charge in [-0.05, 0) is 6.07 Å². The van der Waals surface area contributed by atoms with E-state index in [2.05, 4.69) is 0 Å². The molecule has 0 unspecified atom stereocenters. The van der Waals surface area contributed by atoms with E-state index in [1.54, 1.807) is 0 Å². The van der Waals surface area contributed by atoms with Gasteiger partial charge < -0.3 is 19.3 Å². The number of allylic oxidation sites excluding steroid dienone is 3. The zero-order valence-electron chi connectivity index (χ0n) is 11.8. The van der Waals surface area contributed by atoms with Crippen LogP contribution in [0.25, 0.3) is 5.57 Å². The number of phenolic OH excluding ortho intramolecular Hbond substituents is 1. The van der Waals surface area contributed by atoms with Gasteiger partial charge in [0.15, 0.2) is 23.0 Å². The van der Waals surface area contributed by atoms with Gasteiger partial charge in [0.2, 0.25) is 5.78 Å². The molecule has 0 saturated heterocycles. The molecule has 0 amide bonds. The second kappa shape index (κ2) is 5.70. The van der Waals surface area contributed by atoms with Crippen LogP contribution in [-0.4, -0.2) is 38.0 Å². The van der Waals surface area contributed by atoms with Crippen molar-refractivity contribution in [2.75, 3.05) is 21.3 Å². The van der Waals surface area contributed by atoms with E-state index in [-0.39, 0.29) is 22.6 Å². The molecule has 21 heavy (non-hydrogen) atoms. The summed E-state index contributed by atoms with van der Waals surface area (Å²) < 4.78 is 15.0. The third kappa shape index (κ3) is 2.60. The lowest BCUT2D eigenvalue weighted by Crippen LogP contribution is -2.13. The summed E-state index contributed by atoms with van der Waals surface area (Å²) >= 11 is 0. The van der Waals surface area contributed by atoms with Gasteiger partial charge >= 0.3 is 0 Å². The predicted octanol–water partition coefficient (Wildman–Crippen LogP) is 1.47. The van der Waals surface area contributed by atoms with Gasteiger partial charge in [-0.2, -0.15) is 0 Å². The van der Waals surface area contributed by atoms with Crippen LogP contribution in [0.2, 0.25) is 0 Å². The standard InChI is InChI=1S/C15H14O6/c1-19-13-6-10(16)8(4-12(13)18)9-5-14(20-2)15(21-3)7-11(9)17/h4-7,17H,1-3H3. The van der Waals surface area contributed by atoms with Crippen LogP contribution in [-0.2, 0) is 14.3 Å². The van der Waals surface area contributed by atoms with E-state index >= 15 is 0 Å². The Morgan fingerprint density at radius 3 is 2.05 bits per heavy atom. The number of ketones is 2. The number of carbonyl (C=O) groups excluding carboxylic acids is 2. The van der Waals surface area contributed by atoms with Crippen LogP contribution in [0.4, 0.5) is 0 Å². The van der Waals surface area contributed by atoms with Crippen LogP contribution in [0.15, 0.2) is 30.0 Å².